The molecule has 2 aliphatic rings. The minimum atomic E-state index is -1.50. The van der Waals surface area contributed by atoms with Crippen molar-refractivity contribution in [3.05, 3.63) is 0 Å². The van der Waals surface area contributed by atoms with Gasteiger partial charge in [-0.25, -0.2) is 0 Å². The number of aliphatic hydroxyl groups excluding tert-OH is 1. The Morgan fingerprint density at radius 1 is 1.14 bits per heavy atom. The molecule has 2 fully saturated rings. The molecular weight excluding hydrogens is 288 g/mol. The molecule has 0 heterocycles. The molecule has 1 N–H and O–H groups in total. The summed E-state index contributed by atoms with van der Waals surface area (Å²) in [5.74, 6) is 1.87. The van der Waals surface area contributed by atoms with Gasteiger partial charge in [0, 0.05) is 12.7 Å². The summed E-state index contributed by atoms with van der Waals surface area (Å²) in [5.41, 5.74) is 0.403. The van der Waals surface area contributed by atoms with E-state index in [2.05, 4.69) is 34.6 Å². The van der Waals surface area contributed by atoms with Gasteiger partial charge in [0.2, 0.25) is 0 Å². The average Bonchev–Trinajstić information content (AvgIpc) is 2.90. The Balaban J connectivity index is 2.16. The van der Waals surface area contributed by atoms with Crippen molar-refractivity contribution >= 4 is 8.32 Å². The van der Waals surface area contributed by atoms with Gasteiger partial charge in [0.15, 0.2) is 8.32 Å². The molecule has 0 aromatic rings. The van der Waals surface area contributed by atoms with Crippen LogP contribution in [0.1, 0.15) is 66.7 Å². The summed E-state index contributed by atoms with van der Waals surface area (Å²) in [5, 5.41) is 9.64. The molecule has 0 spiro atoms. The molecule has 2 nitrogen and oxygen atoms in total. The molecule has 1 unspecified atom stereocenters. The summed E-state index contributed by atoms with van der Waals surface area (Å²) < 4.78 is 6.94. The molecule has 0 amide bonds. The van der Waals surface area contributed by atoms with E-state index in [0.29, 0.717) is 30.0 Å². The van der Waals surface area contributed by atoms with E-state index in [1.165, 1.54) is 50.2 Å². The van der Waals surface area contributed by atoms with Crippen LogP contribution in [0.25, 0.3) is 0 Å². The summed E-state index contributed by atoms with van der Waals surface area (Å²) in [6, 6.07) is 3.78. The van der Waals surface area contributed by atoms with Crippen molar-refractivity contribution in [3.63, 3.8) is 0 Å². The smallest absolute Gasteiger partial charge is 0.192 e. The molecule has 130 valence electrons. The van der Waals surface area contributed by atoms with Gasteiger partial charge in [0.25, 0.3) is 0 Å². The van der Waals surface area contributed by atoms with Crippen molar-refractivity contribution in [2.24, 2.45) is 23.2 Å². The number of aliphatic hydroxyl groups is 1. The molecule has 0 saturated heterocycles. The second-order valence-electron chi connectivity index (χ2n) is 8.25. The fourth-order valence-electron chi connectivity index (χ4n) is 5.68. The summed E-state index contributed by atoms with van der Waals surface area (Å²) in [6.07, 6.45) is 7.04. The van der Waals surface area contributed by atoms with Crippen LogP contribution >= 0.6 is 0 Å². The summed E-state index contributed by atoms with van der Waals surface area (Å²) in [6.45, 7) is 12.1. The minimum absolute atomic E-state index is 0.343. The van der Waals surface area contributed by atoms with Gasteiger partial charge in [0.05, 0.1) is 0 Å². The van der Waals surface area contributed by atoms with Crippen molar-refractivity contribution in [2.75, 3.05) is 6.61 Å². The predicted molar refractivity (Wildman–Crippen MR) is 96.5 cm³/mol. The number of fused-ring (bicyclic) bond motifs is 1. The van der Waals surface area contributed by atoms with E-state index < -0.39 is 8.32 Å². The molecule has 2 aliphatic carbocycles. The summed E-state index contributed by atoms with van der Waals surface area (Å²) in [7, 11) is -1.50. The maximum absolute atomic E-state index is 9.64. The van der Waals surface area contributed by atoms with E-state index in [9.17, 15) is 5.11 Å². The standard InChI is InChI=1S/C19H38O2Si/c1-6-22(7-2,8-3)21-18-10-9-13-19(5)16(15(4)14-20)11-12-17(18)19/h15-18,20H,6-14H2,1-5H3/t15-,16?,17+,18+,19-/m1/s1. The zero-order chi connectivity index (χ0) is 16.4. The SMILES string of the molecule is CC[Si](CC)(CC)O[C@H]1CCC[C@]2(C)C([C@H](C)CO)CC[C@@H]12. The third kappa shape index (κ3) is 3.18. The van der Waals surface area contributed by atoms with Gasteiger partial charge in [0.1, 0.15) is 0 Å². The van der Waals surface area contributed by atoms with E-state index in [1.54, 1.807) is 0 Å². The third-order valence-electron chi connectivity index (χ3n) is 7.44. The molecule has 5 atom stereocenters. The Hall–Kier alpha value is 0.137. The van der Waals surface area contributed by atoms with Crippen molar-refractivity contribution in [3.8, 4) is 0 Å². The third-order valence-corrected chi connectivity index (χ3v) is 12.1. The maximum Gasteiger partial charge on any atom is 0.192 e. The van der Waals surface area contributed by atoms with Crippen molar-refractivity contribution < 1.29 is 9.53 Å². The van der Waals surface area contributed by atoms with E-state index in [-0.39, 0.29) is 0 Å². The van der Waals surface area contributed by atoms with Crippen LogP contribution in [0.15, 0.2) is 0 Å². The molecule has 0 radical (unpaired) electrons. The van der Waals surface area contributed by atoms with Gasteiger partial charge in [-0.2, -0.15) is 0 Å². The molecule has 2 saturated carbocycles. The van der Waals surface area contributed by atoms with Crippen LogP contribution in [0.2, 0.25) is 18.1 Å². The maximum atomic E-state index is 9.64. The Bertz CT molecular complexity index is 347. The zero-order valence-electron chi connectivity index (χ0n) is 15.5. The number of rotatable bonds is 7. The van der Waals surface area contributed by atoms with E-state index in [1.807, 2.05) is 0 Å². The molecule has 0 aromatic carbocycles. The first-order chi connectivity index (χ1) is 10.5. The van der Waals surface area contributed by atoms with Gasteiger partial charge >= 0.3 is 0 Å². The second kappa shape index (κ2) is 7.35. The van der Waals surface area contributed by atoms with Gasteiger partial charge in [-0.1, -0.05) is 41.0 Å². The van der Waals surface area contributed by atoms with Crippen molar-refractivity contribution in [2.45, 2.75) is 91.0 Å². The fourth-order valence-corrected chi connectivity index (χ4v) is 8.61. The lowest BCUT2D eigenvalue weighted by Gasteiger charge is -2.48. The Morgan fingerprint density at radius 3 is 2.32 bits per heavy atom. The fraction of sp³-hybridized carbons (Fsp3) is 1.00. The lowest BCUT2D eigenvalue weighted by molar-refractivity contribution is -0.0251. The topological polar surface area (TPSA) is 29.5 Å². The Morgan fingerprint density at radius 2 is 1.77 bits per heavy atom. The van der Waals surface area contributed by atoms with Gasteiger partial charge in [-0.3, -0.25) is 0 Å². The summed E-state index contributed by atoms with van der Waals surface area (Å²) in [4.78, 5) is 0. The van der Waals surface area contributed by atoms with Gasteiger partial charge in [-0.15, -0.1) is 0 Å². The first kappa shape index (κ1) is 18.5. The van der Waals surface area contributed by atoms with Gasteiger partial charge < -0.3 is 9.53 Å². The molecule has 3 heteroatoms. The average molecular weight is 327 g/mol. The lowest BCUT2D eigenvalue weighted by atomic mass is 9.62. The highest BCUT2D eigenvalue weighted by molar-refractivity contribution is 6.73. The Kier molecular flexibility index (Phi) is 6.18. The van der Waals surface area contributed by atoms with Crippen LogP contribution in [0.3, 0.4) is 0 Å². The Labute approximate surface area is 139 Å². The lowest BCUT2D eigenvalue weighted by Crippen LogP contribution is -2.48. The van der Waals surface area contributed by atoms with E-state index in [0.717, 1.165) is 5.92 Å². The molecule has 0 bridgehead atoms. The molecule has 0 aliphatic heterocycles. The second-order valence-corrected chi connectivity index (χ2v) is 13.0. The van der Waals surface area contributed by atoms with Crippen LogP contribution < -0.4 is 0 Å². The number of hydrogen-bond acceptors (Lipinski definition) is 2. The first-order valence-corrected chi connectivity index (χ1v) is 12.3. The van der Waals surface area contributed by atoms with Crippen molar-refractivity contribution in [1.82, 2.24) is 0 Å². The molecular formula is C19H38O2Si. The van der Waals surface area contributed by atoms with Gasteiger partial charge in [-0.05, 0) is 67.0 Å². The quantitative estimate of drug-likeness (QED) is 0.650. The highest BCUT2D eigenvalue weighted by atomic mass is 28.4. The van der Waals surface area contributed by atoms with Crippen LogP contribution in [0.5, 0.6) is 0 Å². The van der Waals surface area contributed by atoms with Crippen LogP contribution in [-0.2, 0) is 4.43 Å². The normalized spacial score (nSPS) is 37.1. The summed E-state index contributed by atoms with van der Waals surface area (Å²) >= 11 is 0. The molecule has 2 rings (SSSR count). The van der Waals surface area contributed by atoms with E-state index in [4.69, 9.17) is 4.43 Å². The first-order valence-electron chi connectivity index (χ1n) is 9.75. The van der Waals surface area contributed by atoms with Crippen molar-refractivity contribution in [1.29, 1.82) is 0 Å². The predicted octanol–water partition coefficient (Wildman–Crippen LogP) is 5.22. The highest BCUT2D eigenvalue weighted by Crippen LogP contribution is 2.58. The highest BCUT2D eigenvalue weighted by Gasteiger charge is 2.53. The largest absolute Gasteiger partial charge is 0.414 e. The van der Waals surface area contributed by atoms with Crippen LogP contribution in [0, 0.1) is 23.2 Å². The molecule has 0 aromatic heterocycles. The zero-order valence-corrected chi connectivity index (χ0v) is 16.5. The molecule has 22 heavy (non-hydrogen) atoms. The number of hydrogen-bond donors (Lipinski definition) is 1. The minimum Gasteiger partial charge on any atom is -0.414 e. The van der Waals surface area contributed by atoms with Crippen LogP contribution in [0.4, 0.5) is 0 Å². The van der Waals surface area contributed by atoms with Crippen LogP contribution in [-0.4, -0.2) is 26.1 Å². The van der Waals surface area contributed by atoms with E-state index >= 15 is 0 Å². The monoisotopic (exact) mass is 326 g/mol.